The van der Waals surface area contributed by atoms with Crippen molar-refractivity contribution in [1.82, 2.24) is 9.97 Å². The molecule has 19 heavy (non-hydrogen) atoms. The number of benzene rings is 1. The van der Waals surface area contributed by atoms with Crippen molar-refractivity contribution in [3.63, 3.8) is 0 Å². The second-order valence-electron chi connectivity index (χ2n) is 4.13. The van der Waals surface area contributed by atoms with E-state index in [2.05, 4.69) is 15.3 Å². The average molecular weight is 259 g/mol. The third-order valence-electron chi connectivity index (χ3n) is 2.45. The molecule has 98 valence electrons. The van der Waals surface area contributed by atoms with Crippen LogP contribution in [0.5, 0.6) is 11.5 Å². The van der Waals surface area contributed by atoms with Crippen LogP contribution in [0.4, 0.5) is 5.95 Å². The number of carbonyl (C=O) groups excluding carboxylic acids is 1. The van der Waals surface area contributed by atoms with Crippen molar-refractivity contribution < 1.29 is 15.0 Å². The quantitative estimate of drug-likeness (QED) is 0.714. The van der Waals surface area contributed by atoms with Crippen LogP contribution in [0.15, 0.2) is 24.3 Å². The molecule has 0 aliphatic carbocycles. The summed E-state index contributed by atoms with van der Waals surface area (Å²) in [6.07, 6.45) is 0. The first kappa shape index (κ1) is 12.8. The zero-order valence-electron chi connectivity index (χ0n) is 10.5. The molecule has 1 aromatic carbocycles. The van der Waals surface area contributed by atoms with E-state index in [9.17, 15) is 15.0 Å². The molecule has 0 spiro atoms. The molecular weight excluding hydrogens is 246 g/mol. The Morgan fingerprint density at radius 1 is 1.05 bits per heavy atom. The lowest BCUT2D eigenvalue weighted by Crippen LogP contribution is -2.14. The molecule has 0 atom stereocenters. The molecule has 3 N–H and O–H groups in total. The smallest absolute Gasteiger partial charge is 0.258 e. The van der Waals surface area contributed by atoms with Gasteiger partial charge in [-0.05, 0) is 38.1 Å². The molecule has 0 fully saturated rings. The number of nitrogens with one attached hydrogen (secondary N) is 1. The zero-order valence-corrected chi connectivity index (χ0v) is 10.5. The van der Waals surface area contributed by atoms with Gasteiger partial charge in [-0.15, -0.1) is 0 Å². The van der Waals surface area contributed by atoms with E-state index in [1.54, 1.807) is 19.9 Å². The molecule has 0 saturated carbocycles. The van der Waals surface area contributed by atoms with Crippen LogP contribution in [0.1, 0.15) is 21.7 Å². The van der Waals surface area contributed by atoms with Crippen LogP contribution in [0.2, 0.25) is 0 Å². The molecule has 1 amide bonds. The third kappa shape index (κ3) is 2.98. The fourth-order valence-electron chi connectivity index (χ4n) is 1.62. The number of aromatic hydroxyl groups is 2. The number of hydrogen-bond donors (Lipinski definition) is 3. The molecule has 0 bridgehead atoms. The lowest BCUT2D eigenvalue weighted by molar-refractivity contribution is 0.102. The Morgan fingerprint density at radius 2 is 1.68 bits per heavy atom. The Hall–Kier alpha value is -2.63. The van der Waals surface area contributed by atoms with E-state index in [1.165, 1.54) is 18.2 Å². The van der Waals surface area contributed by atoms with Crippen molar-refractivity contribution in [3.8, 4) is 11.5 Å². The largest absolute Gasteiger partial charge is 0.504 e. The van der Waals surface area contributed by atoms with Crippen LogP contribution in [0.3, 0.4) is 0 Å². The second kappa shape index (κ2) is 4.93. The summed E-state index contributed by atoms with van der Waals surface area (Å²) in [4.78, 5) is 20.1. The van der Waals surface area contributed by atoms with Crippen molar-refractivity contribution in [3.05, 3.63) is 41.2 Å². The monoisotopic (exact) mass is 259 g/mol. The summed E-state index contributed by atoms with van der Waals surface area (Å²) in [6.45, 7) is 3.60. The highest BCUT2D eigenvalue weighted by molar-refractivity contribution is 6.03. The van der Waals surface area contributed by atoms with Crippen molar-refractivity contribution in [2.45, 2.75) is 13.8 Å². The summed E-state index contributed by atoms with van der Waals surface area (Å²) >= 11 is 0. The first-order valence-corrected chi connectivity index (χ1v) is 5.61. The van der Waals surface area contributed by atoms with E-state index in [-0.39, 0.29) is 23.0 Å². The number of nitrogens with zero attached hydrogens (tertiary/aromatic N) is 2. The molecule has 6 heteroatoms. The van der Waals surface area contributed by atoms with Crippen LogP contribution in [0.25, 0.3) is 0 Å². The molecule has 6 nitrogen and oxygen atoms in total. The number of phenolic OH excluding ortho intramolecular Hbond substituents is 2. The van der Waals surface area contributed by atoms with Gasteiger partial charge < -0.3 is 10.2 Å². The fraction of sp³-hybridized carbons (Fsp3) is 0.154. The van der Waals surface area contributed by atoms with Gasteiger partial charge in [0.05, 0.1) is 0 Å². The highest BCUT2D eigenvalue weighted by Crippen LogP contribution is 2.25. The summed E-state index contributed by atoms with van der Waals surface area (Å²) in [7, 11) is 0. The van der Waals surface area contributed by atoms with E-state index in [0.717, 1.165) is 11.4 Å². The highest BCUT2D eigenvalue weighted by atomic mass is 16.3. The standard InChI is InChI=1S/C13H13N3O3/c1-7-5-8(2)15-13(14-7)16-12(19)9-3-4-10(17)11(18)6-9/h3-6,17-18H,1-2H3,(H,14,15,16,19). The lowest BCUT2D eigenvalue weighted by Gasteiger charge is -2.06. The van der Waals surface area contributed by atoms with Gasteiger partial charge in [-0.2, -0.15) is 0 Å². The fourth-order valence-corrected chi connectivity index (χ4v) is 1.62. The first-order valence-electron chi connectivity index (χ1n) is 5.61. The molecule has 0 aliphatic rings. The molecular formula is C13H13N3O3. The van der Waals surface area contributed by atoms with Crippen LogP contribution in [0, 0.1) is 13.8 Å². The normalized spacial score (nSPS) is 10.2. The Morgan fingerprint density at radius 3 is 2.26 bits per heavy atom. The lowest BCUT2D eigenvalue weighted by atomic mass is 10.2. The average Bonchev–Trinajstić information content (AvgIpc) is 2.31. The van der Waals surface area contributed by atoms with E-state index < -0.39 is 5.91 Å². The number of aromatic nitrogens is 2. The highest BCUT2D eigenvalue weighted by Gasteiger charge is 2.10. The summed E-state index contributed by atoms with van der Waals surface area (Å²) in [5.74, 6) is -0.886. The second-order valence-corrected chi connectivity index (χ2v) is 4.13. The molecule has 1 heterocycles. The number of anilines is 1. The van der Waals surface area contributed by atoms with Crippen molar-refractivity contribution >= 4 is 11.9 Å². The molecule has 2 rings (SSSR count). The van der Waals surface area contributed by atoms with Crippen LogP contribution in [-0.4, -0.2) is 26.1 Å². The Bertz CT molecular complexity index is 621. The van der Waals surface area contributed by atoms with Crippen molar-refractivity contribution in [1.29, 1.82) is 0 Å². The molecule has 0 unspecified atom stereocenters. The minimum Gasteiger partial charge on any atom is -0.504 e. The molecule has 0 radical (unpaired) electrons. The maximum Gasteiger partial charge on any atom is 0.258 e. The molecule has 0 saturated heterocycles. The number of amides is 1. The van der Waals surface area contributed by atoms with Crippen LogP contribution >= 0.6 is 0 Å². The van der Waals surface area contributed by atoms with Gasteiger partial charge in [0.25, 0.3) is 5.91 Å². The van der Waals surface area contributed by atoms with E-state index >= 15 is 0 Å². The number of hydrogen-bond acceptors (Lipinski definition) is 5. The Balaban J connectivity index is 2.22. The predicted molar refractivity (Wildman–Crippen MR) is 69.2 cm³/mol. The Kier molecular flexibility index (Phi) is 3.33. The van der Waals surface area contributed by atoms with Crippen LogP contribution < -0.4 is 5.32 Å². The SMILES string of the molecule is Cc1cc(C)nc(NC(=O)c2ccc(O)c(O)c2)n1. The number of phenols is 2. The number of rotatable bonds is 2. The van der Waals surface area contributed by atoms with Gasteiger partial charge in [0.15, 0.2) is 11.5 Å². The summed E-state index contributed by atoms with van der Waals surface area (Å²) in [6, 6.07) is 5.61. The predicted octanol–water partition coefficient (Wildman–Crippen LogP) is 1.76. The molecule has 0 aliphatic heterocycles. The summed E-state index contributed by atoms with van der Waals surface area (Å²) in [5, 5.41) is 21.1. The van der Waals surface area contributed by atoms with Gasteiger partial charge in [-0.25, -0.2) is 9.97 Å². The maximum absolute atomic E-state index is 11.9. The van der Waals surface area contributed by atoms with Gasteiger partial charge in [0.2, 0.25) is 5.95 Å². The van der Waals surface area contributed by atoms with Gasteiger partial charge in [-0.3, -0.25) is 10.1 Å². The van der Waals surface area contributed by atoms with Crippen LogP contribution in [-0.2, 0) is 0 Å². The van der Waals surface area contributed by atoms with Gasteiger partial charge >= 0.3 is 0 Å². The van der Waals surface area contributed by atoms with Gasteiger partial charge in [0, 0.05) is 17.0 Å². The van der Waals surface area contributed by atoms with E-state index in [1.807, 2.05) is 0 Å². The Labute approximate surface area is 109 Å². The number of aryl methyl sites for hydroxylation is 2. The summed E-state index contributed by atoms with van der Waals surface area (Å²) in [5.41, 5.74) is 1.70. The van der Waals surface area contributed by atoms with E-state index in [4.69, 9.17) is 0 Å². The van der Waals surface area contributed by atoms with E-state index in [0.29, 0.717) is 0 Å². The van der Waals surface area contributed by atoms with Crippen molar-refractivity contribution in [2.75, 3.05) is 5.32 Å². The minimum atomic E-state index is -0.458. The minimum absolute atomic E-state index is 0.204. The molecule has 2 aromatic rings. The topological polar surface area (TPSA) is 95.3 Å². The first-order chi connectivity index (χ1) is 8.95. The third-order valence-corrected chi connectivity index (χ3v) is 2.45. The van der Waals surface area contributed by atoms with Crippen molar-refractivity contribution in [2.24, 2.45) is 0 Å². The zero-order chi connectivity index (χ0) is 14.0. The molecule has 1 aromatic heterocycles. The summed E-state index contributed by atoms with van der Waals surface area (Å²) < 4.78 is 0. The maximum atomic E-state index is 11.9. The van der Waals surface area contributed by atoms with Gasteiger partial charge in [0.1, 0.15) is 0 Å². The van der Waals surface area contributed by atoms with Gasteiger partial charge in [-0.1, -0.05) is 0 Å². The number of carbonyl (C=O) groups is 1.